The second kappa shape index (κ2) is 3.90. The molecule has 2 heteroatoms. The molecule has 0 aromatic heterocycles. The van der Waals surface area contributed by atoms with Gasteiger partial charge in [-0.05, 0) is 42.7 Å². The molecule has 1 saturated carbocycles. The third kappa shape index (κ3) is 2.17. The fraction of sp³-hybridized carbons (Fsp3) is 0.200. The summed E-state index contributed by atoms with van der Waals surface area (Å²) in [6, 6.07) is 17.9. The predicted molar refractivity (Wildman–Crippen MR) is 68.1 cm³/mol. The number of hydrogen-bond acceptors (Lipinski definition) is 2. The third-order valence-corrected chi connectivity index (χ3v) is 3.18. The van der Waals surface area contributed by atoms with Crippen LogP contribution in [0.1, 0.15) is 18.4 Å². The number of ether oxygens (including phenoxy) is 1. The van der Waals surface area contributed by atoms with E-state index in [9.17, 15) is 0 Å². The van der Waals surface area contributed by atoms with Crippen molar-refractivity contribution in [2.24, 2.45) is 5.73 Å². The molecule has 0 atom stereocenters. The summed E-state index contributed by atoms with van der Waals surface area (Å²) in [5.41, 5.74) is 7.25. The van der Waals surface area contributed by atoms with Crippen LogP contribution in [0.5, 0.6) is 11.5 Å². The van der Waals surface area contributed by atoms with Crippen LogP contribution in [0.2, 0.25) is 0 Å². The Morgan fingerprint density at radius 2 is 1.59 bits per heavy atom. The van der Waals surface area contributed by atoms with Crippen LogP contribution < -0.4 is 10.5 Å². The average Bonchev–Trinajstić information content (AvgIpc) is 3.11. The number of benzene rings is 2. The van der Waals surface area contributed by atoms with Crippen LogP contribution in [0.15, 0.2) is 54.6 Å². The number of rotatable bonds is 3. The van der Waals surface area contributed by atoms with Gasteiger partial charge in [0.15, 0.2) is 0 Å². The maximum Gasteiger partial charge on any atom is 0.127 e. The Kier molecular flexibility index (Phi) is 2.37. The highest BCUT2D eigenvalue weighted by Gasteiger charge is 2.40. The van der Waals surface area contributed by atoms with E-state index in [1.807, 2.05) is 48.5 Å². The van der Waals surface area contributed by atoms with E-state index in [1.54, 1.807) is 0 Å². The first-order valence-electron chi connectivity index (χ1n) is 5.89. The molecule has 0 aliphatic heterocycles. The third-order valence-electron chi connectivity index (χ3n) is 3.18. The summed E-state index contributed by atoms with van der Waals surface area (Å²) in [4.78, 5) is 0. The molecule has 2 N–H and O–H groups in total. The van der Waals surface area contributed by atoms with Crippen LogP contribution >= 0.6 is 0 Å². The lowest BCUT2D eigenvalue weighted by molar-refractivity contribution is 0.481. The molecule has 0 unspecified atom stereocenters. The van der Waals surface area contributed by atoms with E-state index in [0.717, 1.165) is 24.3 Å². The van der Waals surface area contributed by atoms with Crippen molar-refractivity contribution in [3.63, 3.8) is 0 Å². The maximum absolute atomic E-state index is 6.17. The van der Waals surface area contributed by atoms with Gasteiger partial charge in [0.25, 0.3) is 0 Å². The minimum atomic E-state index is -0.101. The minimum Gasteiger partial charge on any atom is -0.457 e. The van der Waals surface area contributed by atoms with E-state index < -0.39 is 0 Å². The summed E-state index contributed by atoms with van der Waals surface area (Å²) in [6.07, 6.45) is 2.14. The average molecular weight is 225 g/mol. The van der Waals surface area contributed by atoms with E-state index in [0.29, 0.717) is 0 Å². The molecule has 3 rings (SSSR count). The van der Waals surface area contributed by atoms with Crippen LogP contribution in [0.4, 0.5) is 0 Å². The second-order valence-corrected chi connectivity index (χ2v) is 4.60. The van der Waals surface area contributed by atoms with Gasteiger partial charge in [-0.15, -0.1) is 0 Å². The van der Waals surface area contributed by atoms with Gasteiger partial charge in [-0.25, -0.2) is 0 Å². The highest BCUT2D eigenvalue weighted by molar-refractivity contribution is 5.38. The first-order valence-corrected chi connectivity index (χ1v) is 5.89. The van der Waals surface area contributed by atoms with Crippen LogP contribution in [0, 0.1) is 0 Å². The summed E-state index contributed by atoms with van der Waals surface area (Å²) in [5, 5.41) is 0. The molecule has 86 valence electrons. The molecule has 0 bridgehead atoms. The molecule has 17 heavy (non-hydrogen) atoms. The van der Waals surface area contributed by atoms with E-state index in [2.05, 4.69) is 6.07 Å². The molecule has 1 aliphatic carbocycles. The number of para-hydroxylation sites is 1. The first kappa shape index (κ1) is 10.4. The lowest BCUT2D eigenvalue weighted by Crippen LogP contribution is -2.18. The number of hydrogen-bond donors (Lipinski definition) is 1. The Balaban J connectivity index is 1.84. The minimum absolute atomic E-state index is 0.101. The lowest BCUT2D eigenvalue weighted by Gasteiger charge is -2.11. The van der Waals surface area contributed by atoms with Crippen molar-refractivity contribution in [3.05, 3.63) is 60.2 Å². The van der Waals surface area contributed by atoms with Crippen LogP contribution in [-0.2, 0) is 5.54 Å². The van der Waals surface area contributed by atoms with Crippen molar-refractivity contribution in [2.75, 3.05) is 0 Å². The highest BCUT2D eigenvalue weighted by atomic mass is 16.5. The maximum atomic E-state index is 6.17. The molecule has 2 aromatic rings. The molecule has 1 fully saturated rings. The van der Waals surface area contributed by atoms with Crippen LogP contribution in [0.3, 0.4) is 0 Å². The summed E-state index contributed by atoms with van der Waals surface area (Å²) in [6.45, 7) is 0. The lowest BCUT2D eigenvalue weighted by atomic mass is 10.1. The van der Waals surface area contributed by atoms with E-state index in [1.165, 1.54) is 5.56 Å². The summed E-state index contributed by atoms with van der Waals surface area (Å²) >= 11 is 0. The van der Waals surface area contributed by atoms with E-state index in [4.69, 9.17) is 10.5 Å². The molecule has 0 saturated heterocycles. The molecule has 0 radical (unpaired) electrons. The zero-order valence-corrected chi connectivity index (χ0v) is 9.60. The fourth-order valence-electron chi connectivity index (χ4n) is 1.92. The Hall–Kier alpha value is -1.80. The summed E-state index contributed by atoms with van der Waals surface area (Å²) < 4.78 is 5.79. The van der Waals surface area contributed by atoms with Gasteiger partial charge in [0.05, 0.1) is 0 Å². The smallest absolute Gasteiger partial charge is 0.127 e. The zero-order chi connectivity index (χ0) is 11.7. The van der Waals surface area contributed by atoms with Crippen molar-refractivity contribution in [1.82, 2.24) is 0 Å². The van der Waals surface area contributed by atoms with Gasteiger partial charge in [-0.3, -0.25) is 0 Å². The zero-order valence-electron chi connectivity index (χ0n) is 9.60. The van der Waals surface area contributed by atoms with Gasteiger partial charge in [0.2, 0.25) is 0 Å². The van der Waals surface area contributed by atoms with Crippen LogP contribution in [0.25, 0.3) is 0 Å². The monoisotopic (exact) mass is 225 g/mol. The Morgan fingerprint density at radius 3 is 2.29 bits per heavy atom. The van der Waals surface area contributed by atoms with Crippen LogP contribution in [-0.4, -0.2) is 0 Å². The molecule has 2 nitrogen and oxygen atoms in total. The highest BCUT2D eigenvalue weighted by Crippen LogP contribution is 2.43. The number of nitrogens with two attached hydrogens (primary N) is 1. The molecule has 0 amide bonds. The van der Waals surface area contributed by atoms with Crippen molar-refractivity contribution in [3.8, 4) is 11.5 Å². The van der Waals surface area contributed by atoms with Gasteiger partial charge in [0.1, 0.15) is 11.5 Å². The van der Waals surface area contributed by atoms with Crippen molar-refractivity contribution >= 4 is 0 Å². The Morgan fingerprint density at radius 1 is 0.882 bits per heavy atom. The Labute approximate surface area is 101 Å². The SMILES string of the molecule is NC1(c2cccc(Oc3ccccc3)c2)CC1. The summed E-state index contributed by atoms with van der Waals surface area (Å²) in [5.74, 6) is 1.71. The fourth-order valence-corrected chi connectivity index (χ4v) is 1.92. The second-order valence-electron chi connectivity index (χ2n) is 4.60. The van der Waals surface area contributed by atoms with Gasteiger partial charge in [-0.1, -0.05) is 30.3 Å². The van der Waals surface area contributed by atoms with Gasteiger partial charge >= 0.3 is 0 Å². The van der Waals surface area contributed by atoms with Gasteiger partial charge in [-0.2, -0.15) is 0 Å². The molecular weight excluding hydrogens is 210 g/mol. The molecule has 0 spiro atoms. The summed E-state index contributed by atoms with van der Waals surface area (Å²) in [7, 11) is 0. The van der Waals surface area contributed by atoms with Crippen molar-refractivity contribution in [1.29, 1.82) is 0 Å². The van der Waals surface area contributed by atoms with Crippen molar-refractivity contribution in [2.45, 2.75) is 18.4 Å². The molecule has 1 aliphatic rings. The standard InChI is InChI=1S/C15H15NO/c16-15(9-10-15)12-5-4-8-14(11-12)17-13-6-2-1-3-7-13/h1-8,11H,9-10,16H2. The topological polar surface area (TPSA) is 35.2 Å². The molecule has 0 heterocycles. The molecular formula is C15H15NO. The quantitative estimate of drug-likeness (QED) is 0.868. The van der Waals surface area contributed by atoms with Crippen molar-refractivity contribution < 1.29 is 4.74 Å². The Bertz CT molecular complexity index is 517. The largest absolute Gasteiger partial charge is 0.457 e. The van der Waals surface area contributed by atoms with E-state index >= 15 is 0 Å². The first-order chi connectivity index (χ1) is 8.26. The van der Waals surface area contributed by atoms with Gasteiger partial charge < -0.3 is 10.5 Å². The predicted octanol–water partition coefficient (Wildman–Crippen LogP) is 3.43. The molecule has 2 aromatic carbocycles. The van der Waals surface area contributed by atoms with Gasteiger partial charge in [0, 0.05) is 5.54 Å². The van der Waals surface area contributed by atoms with E-state index in [-0.39, 0.29) is 5.54 Å². The normalized spacial score (nSPS) is 16.5.